The molecule has 8 heteroatoms. The summed E-state index contributed by atoms with van der Waals surface area (Å²) in [4.78, 5) is 31.8. The number of nitrogens with one attached hydrogen (secondary N) is 3. The first-order valence-corrected chi connectivity index (χ1v) is 11.3. The number of hydrogen-bond donors (Lipinski definition) is 3. The van der Waals surface area contributed by atoms with Crippen LogP contribution >= 0.6 is 0 Å². The van der Waals surface area contributed by atoms with Gasteiger partial charge in [0.15, 0.2) is 0 Å². The lowest BCUT2D eigenvalue weighted by Gasteiger charge is -2.15. The summed E-state index contributed by atoms with van der Waals surface area (Å²) in [6, 6.07) is 21.6. The maximum absolute atomic E-state index is 13.0. The van der Waals surface area contributed by atoms with Crippen molar-refractivity contribution in [3.05, 3.63) is 106 Å². The molecule has 1 aromatic heterocycles. The second-order valence-corrected chi connectivity index (χ2v) is 8.24. The average Bonchev–Trinajstić information content (AvgIpc) is 3.47. The molecule has 1 amide bonds. The fourth-order valence-corrected chi connectivity index (χ4v) is 4.14. The van der Waals surface area contributed by atoms with Gasteiger partial charge in [0.2, 0.25) is 0 Å². The zero-order valence-electron chi connectivity index (χ0n) is 19.0. The van der Waals surface area contributed by atoms with Gasteiger partial charge in [-0.3, -0.25) is 14.9 Å². The minimum atomic E-state index is -0.462. The van der Waals surface area contributed by atoms with E-state index in [1.807, 2.05) is 60.8 Å². The largest absolute Gasteiger partial charge is 0.354 e. The summed E-state index contributed by atoms with van der Waals surface area (Å²) in [5, 5.41) is 17.6. The smallest absolute Gasteiger partial charge is 0.270 e. The van der Waals surface area contributed by atoms with Gasteiger partial charge in [-0.05, 0) is 30.2 Å². The van der Waals surface area contributed by atoms with E-state index in [0.29, 0.717) is 22.5 Å². The van der Waals surface area contributed by atoms with Gasteiger partial charge in [-0.1, -0.05) is 49.4 Å². The molecule has 2 heterocycles. The van der Waals surface area contributed by atoms with E-state index in [0.717, 1.165) is 41.2 Å². The number of amides is 1. The standard InChI is InChI=1S/C27H23N5O3/c1-2-6-24-28-16-23(30-24)17-9-11-19(12-10-17)29-26(18-7-4-3-5-8-18)25-21-15-20(32(34)35)13-14-22(21)31-27(25)33/h3-5,7-16,29H,2,6H2,1H3,(H,28,30)(H,31,33)/b26-25-. The molecular weight excluding hydrogens is 442 g/mol. The first-order valence-electron chi connectivity index (χ1n) is 11.3. The Bertz CT molecular complexity index is 1440. The molecule has 5 rings (SSSR count). The second kappa shape index (κ2) is 9.26. The number of H-pyrrole nitrogens is 1. The third-order valence-corrected chi connectivity index (χ3v) is 5.84. The topological polar surface area (TPSA) is 113 Å². The number of nitrogens with zero attached hydrogens (tertiary/aromatic N) is 2. The number of anilines is 2. The minimum Gasteiger partial charge on any atom is -0.354 e. The van der Waals surface area contributed by atoms with Crippen LogP contribution in [0.4, 0.5) is 17.1 Å². The van der Waals surface area contributed by atoms with Crippen LogP contribution in [0.2, 0.25) is 0 Å². The quantitative estimate of drug-likeness (QED) is 0.179. The van der Waals surface area contributed by atoms with Crippen LogP contribution in [-0.4, -0.2) is 20.8 Å². The molecule has 0 atom stereocenters. The number of benzene rings is 3. The van der Waals surface area contributed by atoms with Gasteiger partial charge < -0.3 is 15.6 Å². The summed E-state index contributed by atoms with van der Waals surface area (Å²) in [5.41, 5.74) is 5.30. The Morgan fingerprint density at radius 3 is 2.54 bits per heavy atom. The van der Waals surface area contributed by atoms with Crippen LogP contribution < -0.4 is 10.6 Å². The molecule has 1 aliphatic rings. The average molecular weight is 466 g/mol. The monoisotopic (exact) mass is 465 g/mol. The van der Waals surface area contributed by atoms with E-state index in [1.165, 1.54) is 12.1 Å². The minimum absolute atomic E-state index is 0.0732. The van der Waals surface area contributed by atoms with Crippen LogP contribution in [0.15, 0.2) is 79.0 Å². The number of aromatic nitrogens is 2. The van der Waals surface area contributed by atoms with Crippen LogP contribution in [0.5, 0.6) is 0 Å². The maximum atomic E-state index is 13.0. The molecule has 4 aromatic rings. The van der Waals surface area contributed by atoms with Gasteiger partial charge in [-0.25, -0.2) is 4.98 Å². The molecule has 0 fully saturated rings. The number of imidazole rings is 1. The third-order valence-electron chi connectivity index (χ3n) is 5.84. The molecule has 8 nitrogen and oxygen atoms in total. The molecule has 0 spiro atoms. The molecule has 0 unspecified atom stereocenters. The molecule has 0 saturated heterocycles. The Morgan fingerprint density at radius 1 is 1.06 bits per heavy atom. The number of nitro benzene ring substituents is 1. The molecule has 3 N–H and O–H groups in total. The van der Waals surface area contributed by atoms with Gasteiger partial charge in [0.25, 0.3) is 11.6 Å². The SMILES string of the molecule is CCCc1nc(-c2ccc(N/C(=C3\C(=O)Nc4ccc([N+](=O)[O-])cc43)c3ccccc3)cc2)c[nH]1. The fraction of sp³-hybridized carbons (Fsp3) is 0.111. The van der Waals surface area contributed by atoms with Crippen LogP contribution in [0, 0.1) is 10.1 Å². The van der Waals surface area contributed by atoms with Gasteiger partial charge in [0.05, 0.1) is 21.9 Å². The lowest BCUT2D eigenvalue weighted by Crippen LogP contribution is -2.10. The summed E-state index contributed by atoms with van der Waals surface area (Å²) in [6.45, 7) is 2.11. The zero-order valence-corrected chi connectivity index (χ0v) is 19.0. The van der Waals surface area contributed by atoms with Crippen molar-refractivity contribution >= 4 is 34.2 Å². The number of carbonyl (C=O) groups excluding carboxylic acids is 1. The first-order chi connectivity index (χ1) is 17.0. The highest BCUT2D eigenvalue weighted by atomic mass is 16.6. The highest BCUT2D eigenvalue weighted by Crippen LogP contribution is 2.39. The lowest BCUT2D eigenvalue weighted by molar-refractivity contribution is -0.384. The van der Waals surface area contributed by atoms with Crippen molar-refractivity contribution < 1.29 is 9.72 Å². The zero-order chi connectivity index (χ0) is 24.4. The maximum Gasteiger partial charge on any atom is 0.270 e. The number of fused-ring (bicyclic) bond motifs is 1. The van der Waals surface area contributed by atoms with E-state index >= 15 is 0 Å². The lowest BCUT2D eigenvalue weighted by atomic mass is 9.99. The van der Waals surface area contributed by atoms with Crippen LogP contribution in [0.3, 0.4) is 0 Å². The molecule has 0 radical (unpaired) electrons. The summed E-state index contributed by atoms with van der Waals surface area (Å²) < 4.78 is 0. The Balaban J connectivity index is 1.55. The van der Waals surface area contributed by atoms with Crippen LogP contribution in [0.1, 0.15) is 30.3 Å². The molecule has 0 bridgehead atoms. The van der Waals surface area contributed by atoms with Gasteiger partial charge >= 0.3 is 0 Å². The predicted octanol–water partition coefficient (Wildman–Crippen LogP) is 5.87. The highest BCUT2D eigenvalue weighted by Gasteiger charge is 2.30. The van der Waals surface area contributed by atoms with E-state index in [4.69, 9.17) is 0 Å². The van der Waals surface area contributed by atoms with Gasteiger partial charge in [-0.2, -0.15) is 0 Å². The summed E-state index contributed by atoms with van der Waals surface area (Å²) in [6.07, 6.45) is 3.82. The van der Waals surface area contributed by atoms with E-state index in [9.17, 15) is 14.9 Å². The van der Waals surface area contributed by atoms with Crippen molar-refractivity contribution in [1.29, 1.82) is 0 Å². The van der Waals surface area contributed by atoms with Crippen molar-refractivity contribution in [3.63, 3.8) is 0 Å². The Hall–Kier alpha value is -4.72. The van der Waals surface area contributed by atoms with E-state index in [2.05, 4.69) is 27.5 Å². The van der Waals surface area contributed by atoms with Crippen molar-refractivity contribution in [3.8, 4) is 11.3 Å². The predicted molar refractivity (Wildman–Crippen MR) is 137 cm³/mol. The Morgan fingerprint density at radius 2 is 1.83 bits per heavy atom. The molecule has 3 aromatic carbocycles. The van der Waals surface area contributed by atoms with Crippen molar-refractivity contribution in [2.75, 3.05) is 10.6 Å². The third kappa shape index (κ3) is 4.41. The number of aryl methyl sites for hydroxylation is 1. The molecule has 0 aliphatic carbocycles. The molecule has 35 heavy (non-hydrogen) atoms. The van der Waals surface area contributed by atoms with Crippen LogP contribution in [-0.2, 0) is 11.2 Å². The number of rotatable bonds is 7. The summed E-state index contributed by atoms with van der Waals surface area (Å²) in [7, 11) is 0. The summed E-state index contributed by atoms with van der Waals surface area (Å²) >= 11 is 0. The van der Waals surface area contributed by atoms with E-state index in [-0.39, 0.29) is 11.6 Å². The molecule has 174 valence electrons. The van der Waals surface area contributed by atoms with Crippen LogP contribution in [0.25, 0.3) is 22.5 Å². The van der Waals surface area contributed by atoms with E-state index < -0.39 is 4.92 Å². The Labute approximate surface area is 201 Å². The molecule has 1 aliphatic heterocycles. The van der Waals surface area contributed by atoms with Crippen molar-refractivity contribution in [2.45, 2.75) is 19.8 Å². The van der Waals surface area contributed by atoms with Crippen molar-refractivity contribution in [1.82, 2.24) is 9.97 Å². The van der Waals surface area contributed by atoms with E-state index in [1.54, 1.807) is 6.07 Å². The number of aromatic amines is 1. The summed E-state index contributed by atoms with van der Waals surface area (Å²) in [5.74, 6) is 0.643. The molecule has 0 saturated carbocycles. The number of non-ortho nitro benzene ring substituents is 1. The first kappa shape index (κ1) is 22.1. The number of hydrogen-bond acceptors (Lipinski definition) is 5. The number of carbonyl (C=O) groups is 1. The fourth-order valence-electron chi connectivity index (χ4n) is 4.14. The van der Waals surface area contributed by atoms with Gasteiger partial charge in [0.1, 0.15) is 5.82 Å². The second-order valence-electron chi connectivity index (χ2n) is 8.24. The number of nitro groups is 1. The highest BCUT2D eigenvalue weighted by molar-refractivity contribution is 6.37. The van der Waals surface area contributed by atoms with Crippen molar-refractivity contribution in [2.24, 2.45) is 0 Å². The van der Waals surface area contributed by atoms with Gasteiger partial charge in [-0.15, -0.1) is 0 Å². The molecular formula is C27H23N5O3. The van der Waals surface area contributed by atoms with Gasteiger partial charge in [0, 0.05) is 47.3 Å². The normalized spacial score (nSPS) is 13.8. The Kier molecular flexibility index (Phi) is 5.85.